The number of amides is 1. The maximum Gasteiger partial charge on any atom is 0.251 e. The number of guanidine groups is 1. The van der Waals surface area contributed by atoms with Crippen LogP contribution in [0.4, 0.5) is 0 Å². The Morgan fingerprint density at radius 3 is 2.50 bits per heavy atom. The third-order valence-electron chi connectivity index (χ3n) is 5.98. The molecule has 0 aromatic heterocycles. The molecule has 2 unspecified atom stereocenters. The van der Waals surface area contributed by atoms with Crippen molar-refractivity contribution in [2.24, 2.45) is 10.9 Å². The van der Waals surface area contributed by atoms with Crippen LogP contribution in [0.1, 0.15) is 39.0 Å². The van der Waals surface area contributed by atoms with Crippen LogP contribution in [0.2, 0.25) is 0 Å². The number of rotatable bonds is 5. The number of hydrogen-bond acceptors (Lipinski definition) is 4. The summed E-state index contributed by atoms with van der Waals surface area (Å²) in [6.45, 7) is 10.9. The number of nitrogens with zero attached hydrogens (tertiary/aromatic N) is 4. The minimum absolute atomic E-state index is 0. The standard InChI is InChI=1S/C20H37N5O2.HI/c1-17-6-3-9-23(16-17)10-5-8-22-20(21-2)25-13-11-24(12-14-25)19(26)18-7-4-15-27-18;/h17-18H,3-16H2,1-2H3,(H,21,22);1H. The summed E-state index contributed by atoms with van der Waals surface area (Å²) in [5.74, 6) is 1.98. The van der Waals surface area contributed by atoms with Crippen LogP contribution >= 0.6 is 24.0 Å². The first kappa shape index (κ1) is 23.7. The molecule has 0 radical (unpaired) electrons. The van der Waals surface area contributed by atoms with Crippen LogP contribution in [0.15, 0.2) is 4.99 Å². The number of nitrogens with one attached hydrogen (secondary N) is 1. The second-order valence-electron chi connectivity index (χ2n) is 8.19. The van der Waals surface area contributed by atoms with Gasteiger partial charge in [-0.2, -0.15) is 0 Å². The van der Waals surface area contributed by atoms with E-state index >= 15 is 0 Å². The maximum atomic E-state index is 12.5. The van der Waals surface area contributed by atoms with E-state index in [4.69, 9.17) is 4.74 Å². The highest BCUT2D eigenvalue weighted by molar-refractivity contribution is 14.0. The normalized spacial score (nSPS) is 26.9. The summed E-state index contributed by atoms with van der Waals surface area (Å²) in [6.07, 6.45) is 5.53. The fraction of sp³-hybridized carbons (Fsp3) is 0.900. The lowest BCUT2D eigenvalue weighted by Gasteiger charge is -2.37. The van der Waals surface area contributed by atoms with Crippen LogP contribution in [-0.4, -0.2) is 98.7 Å². The number of piperidine rings is 1. The molecule has 0 aliphatic carbocycles. The second kappa shape index (κ2) is 12.2. The average molecular weight is 507 g/mol. The number of piperazine rings is 1. The van der Waals surface area contributed by atoms with Gasteiger partial charge in [-0.15, -0.1) is 24.0 Å². The third kappa shape index (κ3) is 6.73. The summed E-state index contributed by atoms with van der Waals surface area (Å²) < 4.78 is 5.54. The summed E-state index contributed by atoms with van der Waals surface area (Å²) in [7, 11) is 1.85. The monoisotopic (exact) mass is 507 g/mol. The maximum absolute atomic E-state index is 12.5. The van der Waals surface area contributed by atoms with Crippen molar-refractivity contribution < 1.29 is 9.53 Å². The number of likely N-dealkylation sites (tertiary alicyclic amines) is 1. The Balaban J connectivity index is 0.00000280. The Morgan fingerprint density at radius 1 is 1.11 bits per heavy atom. The van der Waals surface area contributed by atoms with Gasteiger partial charge >= 0.3 is 0 Å². The molecule has 3 saturated heterocycles. The molecule has 2 atom stereocenters. The minimum atomic E-state index is -0.202. The molecular formula is C20H38IN5O2. The van der Waals surface area contributed by atoms with E-state index in [-0.39, 0.29) is 36.0 Å². The van der Waals surface area contributed by atoms with Gasteiger partial charge in [0.05, 0.1) is 0 Å². The van der Waals surface area contributed by atoms with Crippen LogP contribution < -0.4 is 5.32 Å². The zero-order valence-corrected chi connectivity index (χ0v) is 19.9. The van der Waals surface area contributed by atoms with Gasteiger partial charge in [0.1, 0.15) is 6.10 Å². The Hall–Kier alpha value is -0.610. The topological polar surface area (TPSA) is 60.4 Å². The van der Waals surface area contributed by atoms with Crippen molar-refractivity contribution in [2.45, 2.75) is 45.1 Å². The van der Waals surface area contributed by atoms with Gasteiger partial charge < -0.3 is 24.8 Å². The molecule has 1 N–H and O–H groups in total. The molecule has 1 amide bonds. The van der Waals surface area contributed by atoms with E-state index in [0.29, 0.717) is 0 Å². The first-order valence-electron chi connectivity index (χ1n) is 10.8. The van der Waals surface area contributed by atoms with E-state index in [1.807, 2.05) is 11.9 Å². The van der Waals surface area contributed by atoms with E-state index in [1.165, 1.54) is 25.9 Å². The van der Waals surface area contributed by atoms with Crippen molar-refractivity contribution in [3.8, 4) is 0 Å². The van der Waals surface area contributed by atoms with Gasteiger partial charge in [0.15, 0.2) is 5.96 Å². The SMILES string of the molecule is CN=C(NCCCN1CCCC(C)C1)N1CCN(C(=O)C2CCCO2)CC1.I. The Morgan fingerprint density at radius 2 is 1.86 bits per heavy atom. The fourth-order valence-electron chi connectivity index (χ4n) is 4.44. The van der Waals surface area contributed by atoms with Crippen molar-refractivity contribution in [2.75, 3.05) is 66.0 Å². The molecule has 3 rings (SSSR count). The molecule has 8 heteroatoms. The lowest BCUT2D eigenvalue weighted by molar-refractivity contribution is -0.142. The van der Waals surface area contributed by atoms with Gasteiger partial charge in [-0.25, -0.2) is 0 Å². The first-order valence-corrected chi connectivity index (χ1v) is 10.8. The highest BCUT2D eigenvalue weighted by atomic mass is 127. The van der Waals surface area contributed by atoms with E-state index in [2.05, 4.69) is 27.0 Å². The zero-order valence-electron chi connectivity index (χ0n) is 17.6. The van der Waals surface area contributed by atoms with Gasteiger partial charge in [-0.1, -0.05) is 6.92 Å². The van der Waals surface area contributed by atoms with Gasteiger partial charge in [0, 0.05) is 52.9 Å². The number of ether oxygens (including phenoxy) is 1. The predicted molar refractivity (Wildman–Crippen MR) is 123 cm³/mol. The molecule has 3 aliphatic rings. The van der Waals surface area contributed by atoms with Crippen molar-refractivity contribution in [1.29, 1.82) is 0 Å². The van der Waals surface area contributed by atoms with E-state index < -0.39 is 0 Å². The predicted octanol–water partition coefficient (Wildman–Crippen LogP) is 1.63. The highest BCUT2D eigenvalue weighted by Crippen LogP contribution is 2.16. The Kier molecular flexibility index (Phi) is 10.3. The summed E-state index contributed by atoms with van der Waals surface area (Å²) in [5, 5.41) is 3.51. The fourth-order valence-corrected chi connectivity index (χ4v) is 4.44. The second-order valence-corrected chi connectivity index (χ2v) is 8.19. The molecule has 0 aromatic carbocycles. The van der Waals surface area contributed by atoms with Gasteiger partial charge in [-0.05, 0) is 51.1 Å². The molecule has 3 heterocycles. The average Bonchev–Trinajstić information content (AvgIpc) is 3.23. The molecule has 28 heavy (non-hydrogen) atoms. The van der Waals surface area contributed by atoms with Gasteiger partial charge in [0.2, 0.25) is 0 Å². The van der Waals surface area contributed by atoms with E-state index in [0.717, 1.165) is 77.0 Å². The van der Waals surface area contributed by atoms with Crippen molar-refractivity contribution >= 4 is 35.8 Å². The lowest BCUT2D eigenvalue weighted by Crippen LogP contribution is -2.55. The van der Waals surface area contributed by atoms with Crippen molar-refractivity contribution in [1.82, 2.24) is 20.0 Å². The number of carbonyl (C=O) groups is 1. The van der Waals surface area contributed by atoms with Crippen molar-refractivity contribution in [3.63, 3.8) is 0 Å². The number of aliphatic imine (C=N–C) groups is 1. The molecule has 0 aromatic rings. The molecular weight excluding hydrogens is 469 g/mol. The summed E-state index contributed by atoms with van der Waals surface area (Å²) in [5.41, 5.74) is 0. The van der Waals surface area contributed by atoms with Crippen LogP contribution in [-0.2, 0) is 9.53 Å². The zero-order chi connectivity index (χ0) is 19.1. The number of hydrogen-bond donors (Lipinski definition) is 1. The van der Waals surface area contributed by atoms with Crippen LogP contribution in [0.25, 0.3) is 0 Å². The van der Waals surface area contributed by atoms with Crippen LogP contribution in [0, 0.1) is 5.92 Å². The molecule has 0 saturated carbocycles. The highest BCUT2D eigenvalue weighted by Gasteiger charge is 2.30. The third-order valence-corrected chi connectivity index (χ3v) is 5.98. The number of halogens is 1. The van der Waals surface area contributed by atoms with Gasteiger partial charge in [0.25, 0.3) is 5.91 Å². The van der Waals surface area contributed by atoms with E-state index in [1.54, 1.807) is 0 Å². The van der Waals surface area contributed by atoms with Gasteiger partial charge in [-0.3, -0.25) is 9.79 Å². The van der Waals surface area contributed by atoms with E-state index in [9.17, 15) is 4.79 Å². The Labute approximate surface area is 187 Å². The molecule has 7 nitrogen and oxygen atoms in total. The molecule has 0 spiro atoms. The summed E-state index contributed by atoms with van der Waals surface area (Å²) in [4.78, 5) is 23.7. The Bertz CT molecular complexity index is 505. The summed E-state index contributed by atoms with van der Waals surface area (Å²) in [6, 6.07) is 0. The molecule has 162 valence electrons. The largest absolute Gasteiger partial charge is 0.368 e. The smallest absolute Gasteiger partial charge is 0.251 e. The van der Waals surface area contributed by atoms with Crippen molar-refractivity contribution in [3.05, 3.63) is 0 Å². The molecule has 3 fully saturated rings. The van der Waals surface area contributed by atoms with Crippen LogP contribution in [0.3, 0.4) is 0 Å². The van der Waals surface area contributed by atoms with Crippen LogP contribution in [0.5, 0.6) is 0 Å². The number of carbonyl (C=O) groups excluding carboxylic acids is 1. The quantitative estimate of drug-likeness (QED) is 0.265. The minimum Gasteiger partial charge on any atom is -0.368 e. The molecule has 0 bridgehead atoms. The lowest BCUT2D eigenvalue weighted by atomic mass is 10.0. The first-order chi connectivity index (χ1) is 13.2. The summed E-state index contributed by atoms with van der Waals surface area (Å²) >= 11 is 0. The molecule has 3 aliphatic heterocycles.